The summed E-state index contributed by atoms with van der Waals surface area (Å²) in [6, 6.07) is 5.61. The first-order valence-electron chi connectivity index (χ1n) is 6.83. The van der Waals surface area contributed by atoms with E-state index >= 15 is 0 Å². The third-order valence-electron chi connectivity index (χ3n) is 3.78. The SMILES string of the molecule is C[C@@H]1C[C@H](O)CCN1C(=O)Nc1cnn2ccccc12. The van der Waals surface area contributed by atoms with Gasteiger partial charge in [0.15, 0.2) is 0 Å². The Kier molecular flexibility index (Phi) is 3.31. The highest BCUT2D eigenvalue weighted by Gasteiger charge is 2.28. The molecule has 2 atom stereocenters. The van der Waals surface area contributed by atoms with Crippen LogP contribution in [0.3, 0.4) is 0 Å². The topological polar surface area (TPSA) is 69.9 Å². The third kappa shape index (κ3) is 2.34. The molecule has 2 amide bonds. The number of aliphatic hydroxyl groups is 1. The number of nitrogens with zero attached hydrogens (tertiary/aromatic N) is 3. The minimum absolute atomic E-state index is 0.0422. The minimum atomic E-state index is -0.300. The van der Waals surface area contributed by atoms with E-state index in [1.807, 2.05) is 31.3 Å². The zero-order valence-corrected chi connectivity index (χ0v) is 11.4. The summed E-state index contributed by atoms with van der Waals surface area (Å²) in [5.74, 6) is 0. The number of urea groups is 1. The second kappa shape index (κ2) is 5.13. The Morgan fingerprint density at radius 2 is 2.35 bits per heavy atom. The van der Waals surface area contributed by atoms with E-state index in [-0.39, 0.29) is 18.2 Å². The van der Waals surface area contributed by atoms with Crippen LogP contribution in [0.15, 0.2) is 30.6 Å². The van der Waals surface area contributed by atoms with Gasteiger partial charge in [0.05, 0.1) is 23.5 Å². The van der Waals surface area contributed by atoms with E-state index in [9.17, 15) is 9.90 Å². The Hall–Kier alpha value is -2.08. The second-order valence-corrected chi connectivity index (χ2v) is 5.24. The molecule has 0 aromatic carbocycles. The standard InChI is InChI=1S/C14H18N4O2/c1-10-8-11(19)5-7-17(10)14(20)16-12-9-15-18-6-3-2-4-13(12)18/h2-4,6,9-11,19H,5,7-8H2,1H3,(H,16,20)/t10-,11-/m1/s1. The molecular formula is C14H18N4O2. The molecule has 1 saturated heterocycles. The molecule has 2 aromatic rings. The third-order valence-corrected chi connectivity index (χ3v) is 3.78. The highest BCUT2D eigenvalue weighted by molar-refractivity contribution is 5.94. The molecule has 0 saturated carbocycles. The van der Waals surface area contributed by atoms with Crippen LogP contribution in [0.2, 0.25) is 0 Å². The van der Waals surface area contributed by atoms with Crippen molar-refractivity contribution in [1.82, 2.24) is 14.5 Å². The normalized spacial score (nSPS) is 23.0. The van der Waals surface area contributed by atoms with Crippen LogP contribution in [0.4, 0.5) is 10.5 Å². The molecule has 3 heterocycles. The van der Waals surface area contributed by atoms with Gasteiger partial charge in [-0.1, -0.05) is 6.07 Å². The number of rotatable bonds is 1. The summed E-state index contributed by atoms with van der Waals surface area (Å²) in [6.45, 7) is 2.53. The Morgan fingerprint density at radius 3 is 3.15 bits per heavy atom. The molecule has 2 N–H and O–H groups in total. The molecular weight excluding hydrogens is 256 g/mol. The number of hydrogen-bond donors (Lipinski definition) is 2. The molecule has 0 aliphatic carbocycles. The minimum Gasteiger partial charge on any atom is -0.393 e. The Balaban J connectivity index is 1.76. The van der Waals surface area contributed by atoms with Gasteiger partial charge in [0, 0.05) is 18.8 Å². The van der Waals surface area contributed by atoms with Crippen LogP contribution in [0, 0.1) is 0 Å². The van der Waals surface area contributed by atoms with E-state index in [0.29, 0.717) is 25.1 Å². The molecule has 6 nitrogen and oxygen atoms in total. The first-order chi connectivity index (χ1) is 9.65. The predicted molar refractivity (Wildman–Crippen MR) is 75.6 cm³/mol. The van der Waals surface area contributed by atoms with Crippen LogP contribution in [-0.2, 0) is 0 Å². The maximum atomic E-state index is 12.3. The fraction of sp³-hybridized carbons (Fsp3) is 0.429. The molecule has 0 radical (unpaired) electrons. The van der Waals surface area contributed by atoms with Gasteiger partial charge in [-0.3, -0.25) is 0 Å². The Labute approximate surface area is 117 Å². The van der Waals surface area contributed by atoms with E-state index < -0.39 is 0 Å². The number of aromatic nitrogens is 2. The molecule has 1 fully saturated rings. The van der Waals surface area contributed by atoms with Gasteiger partial charge in [-0.2, -0.15) is 5.10 Å². The summed E-state index contributed by atoms with van der Waals surface area (Å²) >= 11 is 0. The van der Waals surface area contributed by atoms with Gasteiger partial charge >= 0.3 is 6.03 Å². The quantitative estimate of drug-likeness (QED) is 0.831. The lowest BCUT2D eigenvalue weighted by molar-refractivity contribution is 0.0687. The van der Waals surface area contributed by atoms with Crippen LogP contribution >= 0.6 is 0 Å². The molecule has 1 aliphatic rings. The molecule has 0 bridgehead atoms. The first-order valence-corrected chi connectivity index (χ1v) is 6.83. The van der Waals surface area contributed by atoms with Crippen molar-refractivity contribution in [3.8, 4) is 0 Å². The molecule has 6 heteroatoms. The number of likely N-dealkylation sites (tertiary alicyclic amines) is 1. The number of aliphatic hydroxyl groups excluding tert-OH is 1. The molecule has 3 rings (SSSR count). The van der Waals surface area contributed by atoms with Crippen molar-refractivity contribution in [2.24, 2.45) is 0 Å². The van der Waals surface area contributed by atoms with E-state index in [1.54, 1.807) is 15.6 Å². The number of fused-ring (bicyclic) bond motifs is 1. The van der Waals surface area contributed by atoms with E-state index in [0.717, 1.165) is 5.52 Å². The summed E-state index contributed by atoms with van der Waals surface area (Å²) in [5.41, 5.74) is 1.57. The van der Waals surface area contributed by atoms with Gasteiger partial charge in [-0.15, -0.1) is 0 Å². The zero-order valence-electron chi connectivity index (χ0n) is 11.4. The van der Waals surface area contributed by atoms with Crippen molar-refractivity contribution in [1.29, 1.82) is 0 Å². The number of hydrogen-bond acceptors (Lipinski definition) is 3. The second-order valence-electron chi connectivity index (χ2n) is 5.24. The van der Waals surface area contributed by atoms with Crippen molar-refractivity contribution in [3.05, 3.63) is 30.6 Å². The average molecular weight is 274 g/mol. The van der Waals surface area contributed by atoms with Gasteiger partial charge in [0.2, 0.25) is 0 Å². The molecule has 20 heavy (non-hydrogen) atoms. The number of nitrogens with one attached hydrogen (secondary N) is 1. The van der Waals surface area contributed by atoms with Crippen molar-refractivity contribution in [2.75, 3.05) is 11.9 Å². The Morgan fingerprint density at radius 1 is 1.50 bits per heavy atom. The maximum absolute atomic E-state index is 12.3. The Bertz CT molecular complexity index is 624. The van der Waals surface area contributed by atoms with Crippen LogP contribution < -0.4 is 5.32 Å². The van der Waals surface area contributed by atoms with Crippen LogP contribution in [0.1, 0.15) is 19.8 Å². The monoisotopic (exact) mass is 274 g/mol. The molecule has 0 unspecified atom stereocenters. The predicted octanol–water partition coefficient (Wildman–Crippen LogP) is 1.71. The summed E-state index contributed by atoms with van der Waals surface area (Å²) in [4.78, 5) is 14.1. The summed E-state index contributed by atoms with van der Waals surface area (Å²) in [5, 5.41) is 16.7. The van der Waals surface area contributed by atoms with E-state index in [2.05, 4.69) is 10.4 Å². The lowest BCUT2D eigenvalue weighted by Crippen LogP contribution is -2.47. The summed E-state index contributed by atoms with van der Waals surface area (Å²) in [6.07, 6.45) is 4.45. The average Bonchev–Trinajstić information content (AvgIpc) is 2.82. The largest absolute Gasteiger partial charge is 0.393 e. The van der Waals surface area contributed by atoms with Crippen molar-refractivity contribution < 1.29 is 9.90 Å². The zero-order chi connectivity index (χ0) is 14.1. The fourth-order valence-corrected chi connectivity index (χ4v) is 2.67. The van der Waals surface area contributed by atoms with Gasteiger partial charge in [0.25, 0.3) is 0 Å². The highest BCUT2D eigenvalue weighted by Crippen LogP contribution is 2.20. The van der Waals surface area contributed by atoms with Crippen molar-refractivity contribution in [3.63, 3.8) is 0 Å². The molecule has 2 aromatic heterocycles. The molecule has 1 aliphatic heterocycles. The van der Waals surface area contributed by atoms with Gasteiger partial charge in [0.1, 0.15) is 0 Å². The highest BCUT2D eigenvalue weighted by atomic mass is 16.3. The van der Waals surface area contributed by atoms with Gasteiger partial charge in [-0.25, -0.2) is 9.31 Å². The lowest BCUT2D eigenvalue weighted by atomic mass is 10.0. The first kappa shape index (κ1) is 12.9. The van der Waals surface area contributed by atoms with Crippen LogP contribution in [-0.4, -0.2) is 44.3 Å². The van der Waals surface area contributed by atoms with E-state index in [1.165, 1.54) is 0 Å². The number of piperidine rings is 1. The number of carbonyl (C=O) groups excluding carboxylic acids is 1. The number of anilines is 1. The number of amides is 2. The molecule has 0 spiro atoms. The number of carbonyl (C=O) groups is 1. The van der Waals surface area contributed by atoms with Gasteiger partial charge < -0.3 is 15.3 Å². The van der Waals surface area contributed by atoms with E-state index in [4.69, 9.17) is 0 Å². The van der Waals surface area contributed by atoms with Crippen LogP contribution in [0.5, 0.6) is 0 Å². The molecule has 106 valence electrons. The fourth-order valence-electron chi connectivity index (χ4n) is 2.67. The van der Waals surface area contributed by atoms with Gasteiger partial charge in [-0.05, 0) is 31.9 Å². The smallest absolute Gasteiger partial charge is 0.322 e. The van der Waals surface area contributed by atoms with Crippen LogP contribution in [0.25, 0.3) is 5.52 Å². The summed E-state index contributed by atoms with van der Waals surface area (Å²) < 4.78 is 1.72. The lowest BCUT2D eigenvalue weighted by Gasteiger charge is -2.35. The van der Waals surface area contributed by atoms with Crippen molar-refractivity contribution >= 4 is 17.2 Å². The summed E-state index contributed by atoms with van der Waals surface area (Å²) in [7, 11) is 0. The van der Waals surface area contributed by atoms with Crippen molar-refractivity contribution in [2.45, 2.75) is 31.9 Å². The number of pyridine rings is 1. The maximum Gasteiger partial charge on any atom is 0.322 e.